The molecule has 0 amide bonds. The first-order chi connectivity index (χ1) is 6.87. The normalized spacial score (nSPS) is 33.9. The van der Waals surface area contributed by atoms with Crippen molar-refractivity contribution in [1.82, 2.24) is 0 Å². The first-order valence-corrected chi connectivity index (χ1v) is 5.41. The Morgan fingerprint density at radius 2 is 2.21 bits per heavy atom. The summed E-state index contributed by atoms with van der Waals surface area (Å²) in [6.45, 7) is 3.70. The Balaban J connectivity index is 2.09. The van der Waals surface area contributed by atoms with Gasteiger partial charge in [-0.1, -0.05) is 24.3 Å². The number of hydrogen-bond donors (Lipinski definition) is 0. The zero-order valence-electron chi connectivity index (χ0n) is 8.37. The molecule has 0 N–H and O–H groups in total. The summed E-state index contributed by atoms with van der Waals surface area (Å²) < 4.78 is 0. The summed E-state index contributed by atoms with van der Waals surface area (Å²) in [7, 11) is 0. The van der Waals surface area contributed by atoms with Gasteiger partial charge >= 0.3 is 0 Å². The molecule has 0 saturated heterocycles. The third-order valence-electron chi connectivity index (χ3n) is 3.88. The van der Waals surface area contributed by atoms with E-state index in [1.807, 2.05) is 0 Å². The summed E-state index contributed by atoms with van der Waals surface area (Å²) in [5.74, 6) is 0. The van der Waals surface area contributed by atoms with Gasteiger partial charge in [-0.25, -0.2) is 0 Å². The highest BCUT2D eigenvalue weighted by molar-refractivity contribution is 5.45. The van der Waals surface area contributed by atoms with Crippen LogP contribution in [0.3, 0.4) is 0 Å². The average Bonchev–Trinajstić information content (AvgIpc) is 2.94. The third-order valence-corrected chi connectivity index (χ3v) is 3.88. The smallest absolute Gasteiger partial charge is 0.0599 e. The van der Waals surface area contributed by atoms with Gasteiger partial charge in [-0.2, -0.15) is 0 Å². The van der Waals surface area contributed by atoms with Crippen LogP contribution in [0.2, 0.25) is 0 Å². The number of hydrogen-bond acceptors (Lipinski definition) is 1. The lowest BCUT2D eigenvalue weighted by Crippen LogP contribution is -2.19. The molecule has 1 heteroatoms. The zero-order valence-corrected chi connectivity index (χ0v) is 8.37. The monoisotopic (exact) mass is 185 g/mol. The lowest BCUT2D eigenvalue weighted by atomic mass is 9.80. The van der Waals surface area contributed by atoms with Crippen LogP contribution < -0.4 is 0 Å². The van der Waals surface area contributed by atoms with E-state index >= 15 is 0 Å². The first-order valence-electron chi connectivity index (χ1n) is 5.41. The molecule has 72 valence electrons. The minimum Gasteiger partial charge on any atom is -0.297 e. The predicted octanol–water partition coefficient (Wildman–Crippen LogP) is 2.73. The van der Waals surface area contributed by atoms with E-state index in [-0.39, 0.29) is 0 Å². The molecule has 2 aliphatic rings. The number of nitrogens with zero attached hydrogens (tertiary/aromatic N) is 1. The fourth-order valence-corrected chi connectivity index (χ4v) is 3.04. The van der Waals surface area contributed by atoms with Crippen molar-refractivity contribution in [2.45, 2.75) is 37.1 Å². The maximum Gasteiger partial charge on any atom is 0.0599 e. The number of rotatable bonds is 1. The van der Waals surface area contributed by atoms with E-state index in [1.165, 1.54) is 25.7 Å². The standard InChI is InChI=1S/C13H15N/c1-14-12-9-13(12)8-4-6-10-5-2-3-7-11(10)13/h2-3,5,7,12H,1,4,6,8-9H2/t12-,13+/m1/s1. The highest BCUT2D eigenvalue weighted by Gasteiger charge is 2.56. The molecule has 14 heavy (non-hydrogen) atoms. The quantitative estimate of drug-likeness (QED) is 0.596. The number of benzene rings is 1. The summed E-state index contributed by atoms with van der Waals surface area (Å²) in [6.07, 6.45) is 5.12. The molecule has 3 rings (SSSR count). The molecule has 1 nitrogen and oxygen atoms in total. The molecule has 0 unspecified atom stereocenters. The van der Waals surface area contributed by atoms with E-state index in [2.05, 4.69) is 36.0 Å². The number of aryl methyl sites for hydroxylation is 1. The van der Waals surface area contributed by atoms with Crippen molar-refractivity contribution in [3.8, 4) is 0 Å². The summed E-state index contributed by atoms with van der Waals surface area (Å²) in [6, 6.07) is 9.37. The number of aliphatic imine (C=N–C) groups is 1. The maximum absolute atomic E-state index is 4.23. The van der Waals surface area contributed by atoms with Crippen molar-refractivity contribution in [3.63, 3.8) is 0 Å². The molecule has 0 aromatic heterocycles. The minimum absolute atomic E-state index is 0.399. The van der Waals surface area contributed by atoms with Crippen LogP contribution in [-0.2, 0) is 11.8 Å². The largest absolute Gasteiger partial charge is 0.297 e. The van der Waals surface area contributed by atoms with Crippen LogP contribution in [0.5, 0.6) is 0 Å². The Morgan fingerprint density at radius 3 is 3.00 bits per heavy atom. The van der Waals surface area contributed by atoms with Gasteiger partial charge in [-0.15, -0.1) is 0 Å². The zero-order chi connectivity index (χ0) is 9.60. The van der Waals surface area contributed by atoms with Crippen molar-refractivity contribution in [2.24, 2.45) is 4.99 Å². The van der Waals surface area contributed by atoms with Gasteiger partial charge in [-0.3, -0.25) is 4.99 Å². The summed E-state index contributed by atoms with van der Waals surface area (Å²) in [5, 5.41) is 0. The molecule has 1 fully saturated rings. The van der Waals surface area contributed by atoms with Gasteiger partial charge in [0.1, 0.15) is 0 Å². The van der Waals surface area contributed by atoms with Gasteiger partial charge in [-0.05, 0) is 43.5 Å². The fraction of sp³-hybridized carbons (Fsp3) is 0.462. The molecule has 0 heterocycles. The van der Waals surface area contributed by atoms with Crippen LogP contribution in [-0.4, -0.2) is 12.8 Å². The number of fused-ring (bicyclic) bond motifs is 2. The van der Waals surface area contributed by atoms with E-state index in [1.54, 1.807) is 11.1 Å². The van der Waals surface area contributed by atoms with E-state index in [0.717, 1.165) is 0 Å². The molecule has 0 bridgehead atoms. The van der Waals surface area contributed by atoms with Crippen LogP contribution in [0.1, 0.15) is 30.4 Å². The second-order valence-electron chi connectivity index (χ2n) is 4.57. The van der Waals surface area contributed by atoms with Crippen LogP contribution in [0.25, 0.3) is 0 Å². The van der Waals surface area contributed by atoms with Crippen molar-refractivity contribution >= 4 is 6.72 Å². The molecule has 1 saturated carbocycles. The first kappa shape index (κ1) is 8.22. The fourth-order valence-electron chi connectivity index (χ4n) is 3.04. The Labute approximate surface area is 84.9 Å². The second kappa shape index (κ2) is 2.69. The Hall–Kier alpha value is -1.11. The Kier molecular flexibility index (Phi) is 1.58. The van der Waals surface area contributed by atoms with Gasteiger partial charge in [0.25, 0.3) is 0 Å². The van der Waals surface area contributed by atoms with E-state index in [0.29, 0.717) is 11.5 Å². The van der Waals surface area contributed by atoms with Crippen LogP contribution >= 0.6 is 0 Å². The van der Waals surface area contributed by atoms with Gasteiger partial charge in [0, 0.05) is 5.41 Å². The summed E-state index contributed by atoms with van der Waals surface area (Å²) in [5.41, 5.74) is 3.50. The SMILES string of the molecule is C=N[C@@H]1C[C@]12CCCc1ccccc12. The van der Waals surface area contributed by atoms with E-state index < -0.39 is 0 Å². The predicted molar refractivity (Wildman–Crippen MR) is 59.0 cm³/mol. The van der Waals surface area contributed by atoms with Gasteiger partial charge in [0.05, 0.1) is 6.04 Å². The third kappa shape index (κ3) is 0.927. The lowest BCUT2D eigenvalue weighted by molar-refractivity contribution is 0.527. The lowest BCUT2D eigenvalue weighted by Gasteiger charge is -2.25. The molecule has 2 aliphatic carbocycles. The van der Waals surface area contributed by atoms with E-state index in [4.69, 9.17) is 0 Å². The summed E-state index contributed by atoms with van der Waals surface area (Å²) >= 11 is 0. The minimum atomic E-state index is 0.399. The van der Waals surface area contributed by atoms with Crippen molar-refractivity contribution in [3.05, 3.63) is 35.4 Å². The molecule has 1 spiro atoms. The Morgan fingerprint density at radius 1 is 1.36 bits per heavy atom. The van der Waals surface area contributed by atoms with Crippen molar-refractivity contribution in [2.75, 3.05) is 0 Å². The van der Waals surface area contributed by atoms with Gasteiger partial charge < -0.3 is 0 Å². The van der Waals surface area contributed by atoms with Crippen LogP contribution in [0.4, 0.5) is 0 Å². The molecule has 0 radical (unpaired) electrons. The molecule has 2 atom stereocenters. The molecular formula is C13H15N. The molecular weight excluding hydrogens is 170 g/mol. The highest BCUT2D eigenvalue weighted by atomic mass is 14.9. The topological polar surface area (TPSA) is 12.4 Å². The maximum atomic E-state index is 4.23. The van der Waals surface area contributed by atoms with Crippen molar-refractivity contribution < 1.29 is 0 Å². The van der Waals surface area contributed by atoms with Gasteiger partial charge in [0.15, 0.2) is 0 Å². The van der Waals surface area contributed by atoms with Crippen LogP contribution in [0.15, 0.2) is 29.3 Å². The molecule has 0 aliphatic heterocycles. The van der Waals surface area contributed by atoms with E-state index in [9.17, 15) is 0 Å². The summed E-state index contributed by atoms with van der Waals surface area (Å²) in [4.78, 5) is 4.23. The Bertz CT molecular complexity index is 383. The second-order valence-corrected chi connectivity index (χ2v) is 4.57. The van der Waals surface area contributed by atoms with Crippen LogP contribution in [0, 0.1) is 0 Å². The van der Waals surface area contributed by atoms with Crippen molar-refractivity contribution in [1.29, 1.82) is 0 Å². The highest BCUT2D eigenvalue weighted by Crippen LogP contribution is 2.56. The average molecular weight is 185 g/mol. The molecule has 1 aromatic carbocycles. The molecule has 1 aromatic rings. The van der Waals surface area contributed by atoms with Gasteiger partial charge in [0.2, 0.25) is 0 Å².